The van der Waals surface area contributed by atoms with Gasteiger partial charge in [0.1, 0.15) is 12.0 Å². The summed E-state index contributed by atoms with van der Waals surface area (Å²) in [5, 5.41) is 4.68. The average Bonchev–Trinajstić information content (AvgIpc) is 3.34. The Labute approximate surface area is 172 Å². The van der Waals surface area contributed by atoms with Gasteiger partial charge in [0.15, 0.2) is 11.5 Å². The van der Waals surface area contributed by atoms with E-state index in [9.17, 15) is 4.39 Å². The maximum absolute atomic E-state index is 13.3. The van der Waals surface area contributed by atoms with Gasteiger partial charge in [-0.05, 0) is 63.1 Å². The first-order valence-electron chi connectivity index (χ1n) is 10.8. The number of anilines is 1. The number of rotatable bonds is 8. The lowest BCUT2D eigenvalue weighted by Crippen LogP contribution is -2.23. The molecule has 1 fully saturated rings. The van der Waals surface area contributed by atoms with Gasteiger partial charge in [0, 0.05) is 37.1 Å². The molecular weight excluding hydrogens is 369 g/mol. The molecule has 4 rings (SSSR count). The number of nitrogens with one attached hydrogen (secondary N) is 1. The third-order valence-corrected chi connectivity index (χ3v) is 5.86. The van der Waals surface area contributed by atoms with E-state index in [2.05, 4.69) is 30.1 Å². The van der Waals surface area contributed by atoms with Crippen molar-refractivity contribution in [2.24, 2.45) is 0 Å². The minimum absolute atomic E-state index is 0.341. The summed E-state index contributed by atoms with van der Waals surface area (Å²) in [7, 11) is 1.68. The number of benzene rings is 1. The van der Waals surface area contributed by atoms with E-state index in [0.717, 1.165) is 55.2 Å². The van der Waals surface area contributed by atoms with E-state index >= 15 is 0 Å². The highest BCUT2D eigenvalue weighted by Gasteiger charge is 2.23. The van der Waals surface area contributed by atoms with E-state index in [1.54, 1.807) is 7.11 Å². The number of aryl methyl sites for hydroxylation is 1. The summed E-state index contributed by atoms with van der Waals surface area (Å²) in [6.07, 6.45) is 4.17. The summed E-state index contributed by atoms with van der Waals surface area (Å²) in [6, 6.07) is 4.43. The van der Waals surface area contributed by atoms with Crippen LogP contribution in [0.5, 0.6) is 11.5 Å². The fraction of sp³-hybridized carbons (Fsp3) is 0.609. The number of hydrogen-bond acceptors (Lipinski definition) is 5. The first-order chi connectivity index (χ1) is 14.0. The molecule has 158 valence electrons. The van der Waals surface area contributed by atoms with Crippen LogP contribution in [0.1, 0.15) is 44.2 Å². The van der Waals surface area contributed by atoms with Crippen LogP contribution in [0.2, 0.25) is 0 Å². The van der Waals surface area contributed by atoms with Crippen molar-refractivity contribution in [3.8, 4) is 11.5 Å². The van der Waals surface area contributed by atoms with Crippen LogP contribution < -0.4 is 14.8 Å². The topological polar surface area (TPSA) is 46.6 Å². The van der Waals surface area contributed by atoms with Crippen LogP contribution in [0, 0.1) is 0 Å². The van der Waals surface area contributed by atoms with Crippen LogP contribution in [-0.2, 0) is 12.8 Å². The van der Waals surface area contributed by atoms with Crippen molar-refractivity contribution in [2.45, 2.75) is 58.2 Å². The third-order valence-electron chi connectivity index (χ3n) is 5.86. The molecule has 1 atom stereocenters. The second-order valence-corrected chi connectivity index (χ2v) is 8.48. The van der Waals surface area contributed by atoms with E-state index in [4.69, 9.17) is 14.5 Å². The minimum atomic E-state index is -0.669. The van der Waals surface area contributed by atoms with Crippen molar-refractivity contribution < 1.29 is 13.9 Å². The van der Waals surface area contributed by atoms with E-state index in [-0.39, 0.29) is 0 Å². The molecule has 1 aromatic carbocycles. The average molecular weight is 402 g/mol. The number of alkyl halides is 1. The molecule has 5 nitrogen and oxygen atoms in total. The Morgan fingerprint density at radius 1 is 1.24 bits per heavy atom. The predicted molar refractivity (Wildman–Crippen MR) is 115 cm³/mol. The second-order valence-electron chi connectivity index (χ2n) is 8.48. The van der Waals surface area contributed by atoms with Crippen LogP contribution in [0.3, 0.4) is 0 Å². The number of methoxy groups -OCH3 is 1. The number of likely N-dealkylation sites (tertiary alicyclic amines) is 1. The van der Waals surface area contributed by atoms with Crippen LogP contribution >= 0.6 is 0 Å². The van der Waals surface area contributed by atoms with Crippen molar-refractivity contribution in [1.82, 2.24) is 9.88 Å². The van der Waals surface area contributed by atoms with E-state index in [1.807, 2.05) is 6.07 Å². The zero-order valence-corrected chi connectivity index (χ0v) is 17.8. The molecule has 0 amide bonds. The third kappa shape index (κ3) is 4.42. The normalized spacial score (nSPS) is 19.1. The quantitative estimate of drug-likeness (QED) is 0.666. The van der Waals surface area contributed by atoms with Crippen molar-refractivity contribution in [1.29, 1.82) is 0 Å². The first kappa shape index (κ1) is 20.2. The molecule has 2 aliphatic rings. The molecule has 1 aromatic heterocycles. The zero-order chi connectivity index (χ0) is 20.4. The van der Waals surface area contributed by atoms with Crippen molar-refractivity contribution in [2.75, 3.05) is 38.7 Å². The van der Waals surface area contributed by atoms with Gasteiger partial charge >= 0.3 is 0 Å². The first-order valence-corrected chi connectivity index (χ1v) is 10.8. The number of pyridine rings is 1. The van der Waals surface area contributed by atoms with E-state index in [1.165, 1.54) is 22.9 Å². The molecular formula is C23H32FN3O2. The molecule has 1 saturated heterocycles. The summed E-state index contributed by atoms with van der Waals surface area (Å²) >= 11 is 0. The number of fused-ring (bicyclic) bond motifs is 3. The molecule has 0 radical (unpaired) electrons. The molecule has 29 heavy (non-hydrogen) atoms. The summed E-state index contributed by atoms with van der Waals surface area (Å²) < 4.78 is 25.0. The van der Waals surface area contributed by atoms with Gasteiger partial charge in [-0.3, -0.25) is 0 Å². The van der Waals surface area contributed by atoms with E-state index in [0.29, 0.717) is 25.6 Å². The van der Waals surface area contributed by atoms with Crippen LogP contribution in [-0.4, -0.2) is 55.4 Å². The lowest BCUT2D eigenvalue weighted by molar-refractivity contribution is 0.243. The molecule has 0 saturated carbocycles. The van der Waals surface area contributed by atoms with Crippen molar-refractivity contribution >= 4 is 16.7 Å². The summed E-state index contributed by atoms with van der Waals surface area (Å²) in [4.78, 5) is 7.09. The summed E-state index contributed by atoms with van der Waals surface area (Å²) in [5.74, 6) is 2.49. The van der Waals surface area contributed by atoms with Crippen LogP contribution in [0.4, 0.5) is 10.2 Å². The molecule has 6 heteroatoms. The van der Waals surface area contributed by atoms with Crippen LogP contribution in [0.15, 0.2) is 12.1 Å². The highest BCUT2D eigenvalue weighted by atomic mass is 19.1. The Bertz CT molecular complexity index is 871. The lowest BCUT2D eigenvalue weighted by atomic mass is 10.0. The maximum atomic E-state index is 13.3. The number of nitrogens with zero attached hydrogens (tertiary/aromatic N) is 2. The van der Waals surface area contributed by atoms with Gasteiger partial charge in [-0.1, -0.05) is 0 Å². The number of halogens is 1. The SMILES string of the molecule is COc1cc2c3c(c(NC(C)C)nc2cc1OCCCN1CCC(F)C1)CCC3. The molecule has 1 unspecified atom stereocenters. The molecule has 2 heterocycles. The van der Waals surface area contributed by atoms with Crippen LogP contribution in [0.25, 0.3) is 10.9 Å². The Hall–Kier alpha value is -2.08. The van der Waals surface area contributed by atoms with E-state index < -0.39 is 6.17 Å². The highest BCUT2D eigenvalue weighted by Crippen LogP contribution is 2.39. The Morgan fingerprint density at radius 3 is 2.79 bits per heavy atom. The number of aromatic nitrogens is 1. The fourth-order valence-electron chi connectivity index (χ4n) is 4.50. The van der Waals surface area contributed by atoms with Gasteiger partial charge < -0.3 is 19.7 Å². The zero-order valence-electron chi connectivity index (χ0n) is 17.8. The molecule has 1 aliphatic heterocycles. The monoisotopic (exact) mass is 401 g/mol. The molecule has 2 aromatic rings. The van der Waals surface area contributed by atoms with Gasteiger partial charge in [-0.15, -0.1) is 0 Å². The largest absolute Gasteiger partial charge is 0.493 e. The van der Waals surface area contributed by atoms with Gasteiger partial charge in [-0.25, -0.2) is 9.37 Å². The Balaban J connectivity index is 1.53. The van der Waals surface area contributed by atoms with Gasteiger partial charge in [-0.2, -0.15) is 0 Å². The molecule has 0 bridgehead atoms. The molecule has 0 spiro atoms. The van der Waals surface area contributed by atoms with Crippen molar-refractivity contribution in [3.05, 3.63) is 23.3 Å². The maximum Gasteiger partial charge on any atom is 0.163 e. The standard InChI is InChI=1S/C23H32FN3O2/c1-15(2)25-23-18-7-4-6-17(18)19-12-21(28-3)22(13-20(19)26-23)29-11-5-9-27-10-8-16(24)14-27/h12-13,15-16H,4-11,14H2,1-3H3,(H,25,26). The fourth-order valence-corrected chi connectivity index (χ4v) is 4.50. The lowest BCUT2D eigenvalue weighted by Gasteiger charge is -2.18. The molecule has 1 aliphatic carbocycles. The van der Waals surface area contributed by atoms with Gasteiger partial charge in [0.2, 0.25) is 0 Å². The Kier molecular flexibility index (Phi) is 6.09. The van der Waals surface area contributed by atoms with Crippen molar-refractivity contribution in [3.63, 3.8) is 0 Å². The number of ether oxygens (including phenoxy) is 2. The smallest absolute Gasteiger partial charge is 0.163 e. The second kappa shape index (κ2) is 8.74. The summed E-state index contributed by atoms with van der Waals surface area (Å²) in [6.45, 7) is 7.13. The predicted octanol–water partition coefficient (Wildman–Crippen LogP) is 4.37. The van der Waals surface area contributed by atoms with Gasteiger partial charge in [0.05, 0.1) is 19.2 Å². The van der Waals surface area contributed by atoms with Gasteiger partial charge in [0.25, 0.3) is 0 Å². The summed E-state index contributed by atoms with van der Waals surface area (Å²) in [5.41, 5.74) is 3.68. The number of hydrogen-bond donors (Lipinski definition) is 1. The Morgan fingerprint density at radius 2 is 2.07 bits per heavy atom. The minimum Gasteiger partial charge on any atom is -0.493 e. The highest BCUT2D eigenvalue weighted by molar-refractivity contribution is 5.89. The molecule has 1 N–H and O–H groups in total.